The number of rotatable bonds is 5. The molecule has 1 atom stereocenters. The van der Waals surface area contributed by atoms with E-state index in [4.69, 9.17) is 23.2 Å². The van der Waals surface area contributed by atoms with Crippen molar-refractivity contribution in [1.29, 1.82) is 0 Å². The van der Waals surface area contributed by atoms with Crippen molar-refractivity contribution in [2.75, 3.05) is 5.75 Å². The average molecular weight is 309 g/mol. The van der Waals surface area contributed by atoms with E-state index < -0.39 is 19.8 Å². The molecule has 0 N–H and O–H groups in total. The Kier molecular flexibility index (Phi) is 4.81. The summed E-state index contributed by atoms with van der Waals surface area (Å²) in [6, 6.07) is 6.01. The van der Waals surface area contributed by atoms with E-state index in [1.54, 1.807) is 6.92 Å². The van der Waals surface area contributed by atoms with E-state index in [2.05, 4.69) is 0 Å². The molecule has 0 aromatic heterocycles. The summed E-state index contributed by atoms with van der Waals surface area (Å²) >= 11 is 11.8. The molecule has 3 nitrogen and oxygen atoms in total. The summed E-state index contributed by atoms with van der Waals surface area (Å²) in [7, 11) is -3.68. The molecule has 6 heteroatoms. The van der Waals surface area contributed by atoms with Gasteiger partial charge in [-0.25, -0.2) is 8.42 Å². The number of Topliss-reactive ketones (excluding diaryl/α,β-unsaturated/α-hetero) is 1. The molecule has 1 aromatic rings. The molecular formula is C12H14Cl2O3S. The first-order chi connectivity index (χ1) is 8.28. The SMILES string of the molecule is CC[C@@](Cl)(C(=O)c1ccc(Cl)cc1)S(=O)(=O)CC. The fraction of sp³-hybridized carbons (Fsp3) is 0.417. The van der Waals surface area contributed by atoms with Gasteiger partial charge >= 0.3 is 0 Å². The molecule has 1 aromatic carbocycles. The Balaban J connectivity index is 3.26. The lowest BCUT2D eigenvalue weighted by atomic mass is 10.1. The van der Waals surface area contributed by atoms with Gasteiger partial charge in [0.1, 0.15) is 0 Å². The van der Waals surface area contributed by atoms with Crippen LogP contribution in [0.5, 0.6) is 0 Å². The van der Waals surface area contributed by atoms with Gasteiger partial charge in [0.05, 0.1) is 0 Å². The molecule has 18 heavy (non-hydrogen) atoms. The standard InChI is InChI=1S/C12H14Cl2O3S/c1-3-12(14,18(16,17)4-2)11(15)9-5-7-10(13)8-6-9/h5-8H,3-4H2,1-2H3/t12-/m0/s1. The van der Waals surface area contributed by atoms with Crippen LogP contribution in [0.3, 0.4) is 0 Å². The van der Waals surface area contributed by atoms with E-state index in [1.807, 2.05) is 0 Å². The summed E-state index contributed by atoms with van der Waals surface area (Å²) in [5.41, 5.74) is 0.244. The second-order valence-corrected chi connectivity index (χ2v) is 7.63. The van der Waals surface area contributed by atoms with Crippen molar-refractivity contribution in [3.63, 3.8) is 0 Å². The van der Waals surface area contributed by atoms with Crippen LogP contribution in [0.1, 0.15) is 30.6 Å². The van der Waals surface area contributed by atoms with Crippen molar-refractivity contribution in [2.24, 2.45) is 0 Å². The quantitative estimate of drug-likeness (QED) is 0.619. The highest BCUT2D eigenvalue weighted by Crippen LogP contribution is 2.32. The predicted molar refractivity (Wildman–Crippen MR) is 74.1 cm³/mol. The predicted octanol–water partition coefficient (Wildman–Crippen LogP) is 3.30. The van der Waals surface area contributed by atoms with Gasteiger partial charge in [-0.05, 0) is 30.7 Å². The minimum atomic E-state index is -3.68. The largest absolute Gasteiger partial charge is 0.291 e. The summed E-state index contributed by atoms with van der Waals surface area (Å²) in [6.07, 6.45) is 0.0200. The highest BCUT2D eigenvalue weighted by atomic mass is 35.5. The van der Waals surface area contributed by atoms with Crippen LogP contribution in [0.25, 0.3) is 0 Å². The van der Waals surface area contributed by atoms with Crippen LogP contribution in [0, 0.1) is 0 Å². The molecule has 0 aliphatic heterocycles. The highest BCUT2D eigenvalue weighted by Gasteiger charge is 2.46. The monoisotopic (exact) mass is 308 g/mol. The van der Waals surface area contributed by atoms with Gasteiger partial charge in [0.15, 0.2) is 15.6 Å². The molecule has 0 heterocycles. The summed E-state index contributed by atoms with van der Waals surface area (Å²) in [6.45, 7) is 3.05. The van der Waals surface area contributed by atoms with Crippen molar-refractivity contribution in [3.05, 3.63) is 34.9 Å². The number of carbonyl (C=O) groups excluding carboxylic acids is 1. The molecule has 0 radical (unpaired) electrons. The van der Waals surface area contributed by atoms with Crippen LogP contribution in [0.2, 0.25) is 5.02 Å². The van der Waals surface area contributed by atoms with Crippen molar-refractivity contribution < 1.29 is 13.2 Å². The normalized spacial score (nSPS) is 15.1. The van der Waals surface area contributed by atoms with Crippen LogP contribution in [0.15, 0.2) is 24.3 Å². The molecule has 0 amide bonds. The van der Waals surface area contributed by atoms with Crippen LogP contribution in [0.4, 0.5) is 0 Å². The molecule has 0 unspecified atom stereocenters. The maximum absolute atomic E-state index is 12.3. The first kappa shape index (κ1) is 15.5. The van der Waals surface area contributed by atoms with Gasteiger partial charge in [0.2, 0.25) is 4.21 Å². The number of carbonyl (C=O) groups is 1. The van der Waals surface area contributed by atoms with Gasteiger partial charge < -0.3 is 0 Å². The van der Waals surface area contributed by atoms with Crippen LogP contribution >= 0.6 is 23.2 Å². The minimum Gasteiger partial charge on any atom is -0.291 e. The maximum Gasteiger partial charge on any atom is 0.207 e. The molecule has 0 fully saturated rings. The topological polar surface area (TPSA) is 51.2 Å². The van der Waals surface area contributed by atoms with Crippen molar-refractivity contribution in [2.45, 2.75) is 24.5 Å². The molecule has 0 aliphatic carbocycles. The number of benzene rings is 1. The average Bonchev–Trinajstić information content (AvgIpc) is 2.37. The Bertz CT molecular complexity index is 537. The molecule has 1 rings (SSSR count). The lowest BCUT2D eigenvalue weighted by Crippen LogP contribution is -2.41. The third-order valence-electron chi connectivity index (χ3n) is 2.77. The van der Waals surface area contributed by atoms with Crippen molar-refractivity contribution in [3.8, 4) is 0 Å². The minimum absolute atomic E-state index is 0.0200. The summed E-state index contributed by atoms with van der Waals surface area (Å²) in [5, 5.41) is 0.474. The number of alkyl halides is 1. The molecule has 0 saturated heterocycles. The van der Waals surface area contributed by atoms with E-state index in [-0.39, 0.29) is 17.7 Å². The Morgan fingerprint density at radius 3 is 2.11 bits per heavy atom. The Morgan fingerprint density at radius 1 is 1.22 bits per heavy atom. The Morgan fingerprint density at radius 2 is 1.72 bits per heavy atom. The second kappa shape index (κ2) is 5.59. The van der Waals surface area contributed by atoms with Gasteiger partial charge in [0.25, 0.3) is 0 Å². The summed E-state index contributed by atoms with van der Waals surface area (Å²) in [4.78, 5) is 12.3. The Labute approximate surface area is 117 Å². The van der Waals surface area contributed by atoms with Gasteiger partial charge in [-0.3, -0.25) is 4.79 Å². The second-order valence-electron chi connectivity index (χ2n) is 3.82. The first-order valence-electron chi connectivity index (χ1n) is 5.50. The van der Waals surface area contributed by atoms with Crippen molar-refractivity contribution in [1.82, 2.24) is 0 Å². The Hall–Kier alpha value is -0.580. The zero-order valence-electron chi connectivity index (χ0n) is 10.1. The van der Waals surface area contributed by atoms with E-state index in [0.717, 1.165) is 0 Å². The molecule has 0 bridgehead atoms. The van der Waals surface area contributed by atoms with Gasteiger partial charge in [-0.1, -0.05) is 37.0 Å². The zero-order chi connectivity index (χ0) is 14.0. The van der Waals surface area contributed by atoms with Crippen LogP contribution in [-0.4, -0.2) is 24.2 Å². The smallest absolute Gasteiger partial charge is 0.207 e. The lowest BCUT2D eigenvalue weighted by molar-refractivity contribution is 0.0970. The van der Waals surface area contributed by atoms with E-state index in [1.165, 1.54) is 31.2 Å². The molecular weight excluding hydrogens is 295 g/mol. The number of sulfone groups is 1. The molecule has 0 saturated carbocycles. The fourth-order valence-electron chi connectivity index (χ4n) is 1.57. The first-order valence-corrected chi connectivity index (χ1v) is 7.91. The van der Waals surface area contributed by atoms with Crippen molar-refractivity contribution >= 4 is 38.8 Å². The zero-order valence-corrected chi connectivity index (χ0v) is 12.4. The van der Waals surface area contributed by atoms with Gasteiger partial charge in [0, 0.05) is 16.3 Å². The number of ketones is 1. The number of hydrogen-bond donors (Lipinski definition) is 0. The maximum atomic E-state index is 12.3. The van der Waals surface area contributed by atoms with Gasteiger partial charge in [-0.15, -0.1) is 0 Å². The van der Waals surface area contributed by atoms with E-state index in [9.17, 15) is 13.2 Å². The summed E-state index contributed by atoms with van der Waals surface area (Å²) in [5.74, 6) is -0.783. The molecule has 100 valence electrons. The lowest BCUT2D eigenvalue weighted by Gasteiger charge is -2.23. The number of hydrogen-bond acceptors (Lipinski definition) is 3. The van der Waals surface area contributed by atoms with Crippen LogP contribution < -0.4 is 0 Å². The summed E-state index contributed by atoms with van der Waals surface area (Å²) < 4.78 is 22.0. The third-order valence-corrected chi connectivity index (χ3v) is 6.39. The third kappa shape index (κ3) is 2.71. The molecule has 0 spiro atoms. The molecule has 0 aliphatic rings. The van der Waals surface area contributed by atoms with Gasteiger partial charge in [-0.2, -0.15) is 0 Å². The van der Waals surface area contributed by atoms with Crippen LogP contribution in [-0.2, 0) is 9.84 Å². The van der Waals surface area contributed by atoms with E-state index >= 15 is 0 Å². The highest BCUT2D eigenvalue weighted by molar-refractivity contribution is 7.95. The number of halogens is 2. The fourth-order valence-corrected chi connectivity index (χ4v) is 3.43. The van der Waals surface area contributed by atoms with E-state index in [0.29, 0.717) is 5.02 Å².